The number of aromatic carboxylic acids is 1. The van der Waals surface area contributed by atoms with Crippen LogP contribution in [0.1, 0.15) is 15.9 Å². The number of carboxylic acid groups (broad SMARTS) is 1. The predicted molar refractivity (Wildman–Crippen MR) is 55.0 cm³/mol. The summed E-state index contributed by atoms with van der Waals surface area (Å²) in [6.07, 6.45) is -1.21. The molecule has 0 fully saturated rings. The fraction of sp³-hybridized carbons (Fsp3) is 0.125. The molecule has 0 aromatic heterocycles. The summed E-state index contributed by atoms with van der Waals surface area (Å²) < 4.78 is 36.6. The van der Waals surface area contributed by atoms with Crippen LogP contribution in [0.2, 0.25) is 0 Å². The normalized spacial score (nSPS) is 10.8. The van der Waals surface area contributed by atoms with E-state index in [0.29, 0.717) is 0 Å². The number of benzene rings is 1. The number of carbonyl (C=O) groups is 1. The smallest absolute Gasteiger partial charge is 0.478 e. The Balaban J connectivity index is 3.21. The minimum absolute atomic E-state index is 0.151. The molecule has 9 heteroatoms. The van der Waals surface area contributed by atoms with Crippen LogP contribution in [0.15, 0.2) is 23.3 Å². The molecule has 0 heterocycles. The summed E-state index contributed by atoms with van der Waals surface area (Å²) in [6.45, 7) is -5.07. The van der Waals surface area contributed by atoms with Gasteiger partial charge in [0.25, 0.3) is 0 Å². The van der Waals surface area contributed by atoms with Gasteiger partial charge in [0.2, 0.25) is 0 Å². The molecule has 1 aromatic carbocycles. The Morgan fingerprint density at radius 3 is 2.53 bits per heavy atom. The molecule has 0 atom stereocenters. The zero-order chi connectivity index (χ0) is 13.1. The second-order valence-corrected chi connectivity index (χ2v) is 3.30. The van der Waals surface area contributed by atoms with Gasteiger partial charge in [0.05, 0.1) is 5.56 Å². The lowest BCUT2D eigenvalue weighted by atomic mass is 9.81. The van der Waals surface area contributed by atoms with Crippen molar-refractivity contribution in [1.82, 2.24) is 0 Å². The number of rotatable bonds is 4. The van der Waals surface area contributed by atoms with Crippen molar-refractivity contribution in [3.05, 3.63) is 39.8 Å². The Morgan fingerprint density at radius 1 is 1.41 bits per heavy atom. The molecule has 0 saturated carbocycles. The highest BCUT2D eigenvalue weighted by atomic mass is 19.4. The fourth-order valence-corrected chi connectivity index (χ4v) is 1.29. The van der Waals surface area contributed by atoms with E-state index in [1.165, 1.54) is 0 Å². The summed E-state index contributed by atoms with van der Waals surface area (Å²) in [7, 11) is 0. The monoisotopic (exact) mass is 244 g/mol. The molecule has 0 spiro atoms. The first-order valence-corrected chi connectivity index (χ1v) is 4.45. The number of hydrogen-bond acceptors (Lipinski definition) is 2. The molecule has 1 rings (SSSR count). The van der Waals surface area contributed by atoms with E-state index in [9.17, 15) is 17.7 Å². The molecule has 0 amide bonds. The maximum Gasteiger partial charge on any atom is 0.482 e. The van der Waals surface area contributed by atoms with Gasteiger partial charge in [-0.1, -0.05) is 23.1 Å². The summed E-state index contributed by atoms with van der Waals surface area (Å²) in [6, 6.07) is 2.93. The quantitative estimate of drug-likeness (QED) is 0.381. The average Bonchev–Trinajstić information content (AvgIpc) is 2.14. The maximum atomic E-state index is 12.2. The van der Waals surface area contributed by atoms with E-state index in [0.717, 1.165) is 18.2 Å². The van der Waals surface area contributed by atoms with Gasteiger partial charge in [-0.2, -0.15) is 0 Å². The SMILES string of the molecule is [N-]=[N+]=Nc1cc(C[B-](F)(F)F)cc(C(=O)O)c1. The molecule has 0 bridgehead atoms. The van der Waals surface area contributed by atoms with Gasteiger partial charge in [-0.3, -0.25) is 0 Å². The van der Waals surface area contributed by atoms with E-state index < -0.39 is 19.3 Å². The Hall–Kier alpha value is -2.15. The van der Waals surface area contributed by atoms with Gasteiger partial charge in [0.1, 0.15) is 0 Å². The van der Waals surface area contributed by atoms with Gasteiger partial charge in [-0.15, -0.1) is 0 Å². The molecular formula is C8H6BF3N3O2-. The van der Waals surface area contributed by atoms with Crippen LogP contribution in [0, 0.1) is 0 Å². The Bertz CT molecular complexity index is 477. The van der Waals surface area contributed by atoms with Crippen LogP contribution in [0.3, 0.4) is 0 Å². The first kappa shape index (κ1) is 12.9. The Kier molecular flexibility index (Phi) is 3.64. The lowest BCUT2D eigenvalue weighted by Crippen LogP contribution is -2.19. The van der Waals surface area contributed by atoms with Gasteiger partial charge in [-0.05, 0) is 17.7 Å². The largest absolute Gasteiger partial charge is 0.482 e. The number of halogens is 3. The summed E-state index contributed by atoms with van der Waals surface area (Å²) in [4.78, 5) is 13.1. The van der Waals surface area contributed by atoms with Crippen LogP contribution >= 0.6 is 0 Å². The molecule has 5 nitrogen and oxygen atoms in total. The van der Waals surface area contributed by atoms with Gasteiger partial charge in [-0.25, -0.2) is 4.79 Å². The van der Waals surface area contributed by atoms with Crippen molar-refractivity contribution in [3.8, 4) is 0 Å². The number of carboxylic acids is 1. The average molecular weight is 244 g/mol. The molecule has 1 N–H and O–H groups in total. The molecule has 0 unspecified atom stereocenters. The third-order valence-corrected chi connectivity index (χ3v) is 1.85. The van der Waals surface area contributed by atoms with Crippen LogP contribution < -0.4 is 0 Å². The number of nitrogens with zero attached hydrogens (tertiary/aromatic N) is 3. The van der Waals surface area contributed by atoms with E-state index in [2.05, 4.69) is 10.0 Å². The molecule has 0 aliphatic carbocycles. The third-order valence-electron chi connectivity index (χ3n) is 1.85. The van der Waals surface area contributed by atoms with Crippen molar-refractivity contribution in [2.75, 3.05) is 0 Å². The predicted octanol–water partition coefficient (Wildman–Crippen LogP) is 3.26. The highest BCUT2D eigenvalue weighted by molar-refractivity contribution is 6.57. The summed E-state index contributed by atoms with van der Waals surface area (Å²) in [5.74, 6) is -1.38. The van der Waals surface area contributed by atoms with Crippen molar-refractivity contribution in [3.63, 3.8) is 0 Å². The molecule has 0 radical (unpaired) electrons. The first-order chi connectivity index (χ1) is 7.81. The van der Waals surface area contributed by atoms with Gasteiger partial charge >= 0.3 is 12.9 Å². The van der Waals surface area contributed by atoms with Crippen molar-refractivity contribution >= 4 is 18.6 Å². The topological polar surface area (TPSA) is 86.1 Å². The van der Waals surface area contributed by atoms with Crippen molar-refractivity contribution < 1.29 is 22.8 Å². The summed E-state index contributed by atoms with van der Waals surface area (Å²) >= 11 is 0. The minimum Gasteiger partial charge on any atom is -0.478 e. The molecule has 0 aliphatic rings. The Labute approximate surface area is 93.6 Å². The summed E-state index contributed by atoms with van der Waals surface area (Å²) in [5, 5.41) is 11.8. The lowest BCUT2D eigenvalue weighted by molar-refractivity contribution is 0.0696. The standard InChI is InChI=1S/C8H6BF3N3O2/c10-9(11,12)4-5-1-6(8(16)17)3-7(2-5)14-15-13/h1-3H,4H2,(H,16,17)/q-1. The zero-order valence-electron chi connectivity index (χ0n) is 8.35. The Morgan fingerprint density at radius 2 is 2.06 bits per heavy atom. The van der Waals surface area contributed by atoms with Crippen LogP contribution in [-0.4, -0.2) is 18.1 Å². The summed E-state index contributed by atoms with van der Waals surface area (Å²) in [5.41, 5.74) is 7.44. The van der Waals surface area contributed by atoms with Crippen LogP contribution in [-0.2, 0) is 6.32 Å². The van der Waals surface area contributed by atoms with Gasteiger partial charge < -0.3 is 18.1 Å². The second kappa shape index (κ2) is 4.79. The molecule has 0 aliphatic heterocycles. The second-order valence-electron chi connectivity index (χ2n) is 3.30. The highest BCUT2D eigenvalue weighted by Gasteiger charge is 2.23. The van der Waals surface area contributed by atoms with Crippen LogP contribution in [0.4, 0.5) is 18.6 Å². The van der Waals surface area contributed by atoms with Crippen LogP contribution in [0.5, 0.6) is 0 Å². The number of hydrogen-bond donors (Lipinski definition) is 1. The molecular weight excluding hydrogens is 238 g/mol. The first-order valence-electron chi connectivity index (χ1n) is 4.45. The fourth-order valence-electron chi connectivity index (χ4n) is 1.29. The van der Waals surface area contributed by atoms with E-state index >= 15 is 0 Å². The lowest BCUT2D eigenvalue weighted by Gasteiger charge is -2.14. The molecule has 17 heavy (non-hydrogen) atoms. The highest BCUT2D eigenvalue weighted by Crippen LogP contribution is 2.23. The minimum atomic E-state index is -5.07. The van der Waals surface area contributed by atoms with E-state index in [1.807, 2.05) is 0 Å². The molecule has 1 aromatic rings. The van der Waals surface area contributed by atoms with Crippen LogP contribution in [0.25, 0.3) is 10.4 Å². The van der Waals surface area contributed by atoms with Crippen molar-refractivity contribution in [2.45, 2.75) is 6.32 Å². The number of azide groups is 1. The molecule has 0 saturated heterocycles. The van der Waals surface area contributed by atoms with Gasteiger partial charge in [0, 0.05) is 10.6 Å². The molecule has 90 valence electrons. The maximum absolute atomic E-state index is 12.2. The van der Waals surface area contributed by atoms with Crippen molar-refractivity contribution in [1.29, 1.82) is 0 Å². The van der Waals surface area contributed by atoms with E-state index in [4.69, 9.17) is 10.6 Å². The van der Waals surface area contributed by atoms with Gasteiger partial charge in [0.15, 0.2) is 0 Å². The van der Waals surface area contributed by atoms with Crippen molar-refractivity contribution in [2.24, 2.45) is 5.11 Å². The van der Waals surface area contributed by atoms with E-state index in [1.54, 1.807) is 0 Å². The third kappa shape index (κ3) is 4.08. The zero-order valence-corrected chi connectivity index (χ0v) is 8.35. The van der Waals surface area contributed by atoms with E-state index in [-0.39, 0.29) is 16.8 Å².